The molecule has 0 unspecified atom stereocenters. The van der Waals surface area contributed by atoms with Crippen LogP contribution in [-0.4, -0.2) is 27.5 Å². The van der Waals surface area contributed by atoms with Crippen molar-refractivity contribution < 1.29 is 14.4 Å². The molecule has 1 N–H and O–H groups in total. The van der Waals surface area contributed by atoms with Crippen LogP contribution in [-0.2, 0) is 29.5 Å². The molecule has 1 aromatic carbocycles. The van der Waals surface area contributed by atoms with Gasteiger partial charge in [0.05, 0.1) is 11.4 Å². The number of fused-ring (bicyclic) bond motifs is 1. The van der Waals surface area contributed by atoms with E-state index >= 15 is 0 Å². The molecule has 2 aromatic rings. The fourth-order valence-electron chi connectivity index (χ4n) is 3.48. The molecule has 4 rings (SSSR count). The van der Waals surface area contributed by atoms with E-state index in [9.17, 15) is 14.4 Å². The van der Waals surface area contributed by atoms with Gasteiger partial charge >= 0.3 is 0 Å². The fraction of sp³-hybridized carbons (Fsp3) is 0.333. The summed E-state index contributed by atoms with van der Waals surface area (Å²) in [5, 5.41) is 7.37. The third kappa shape index (κ3) is 2.61. The van der Waals surface area contributed by atoms with Crippen molar-refractivity contribution in [2.24, 2.45) is 7.05 Å². The van der Waals surface area contributed by atoms with Gasteiger partial charge < -0.3 is 5.32 Å². The summed E-state index contributed by atoms with van der Waals surface area (Å²) in [6.45, 7) is 0. The Morgan fingerprint density at radius 3 is 2.40 bits per heavy atom. The lowest BCUT2D eigenvalue weighted by molar-refractivity contribution is -0.121. The molecule has 128 valence electrons. The van der Waals surface area contributed by atoms with Crippen molar-refractivity contribution in [3.05, 3.63) is 41.1 Å². The van der Waals surface area contributed by atoms with Crippen LogP contribution in [0.2, 0.25) is 0 Å². The highest BCUT2D eigenvalue weighted by Gasteiger charge is 2.30. The number of amides is 3. The summed E-state index contributed by atoms with van der Waals surface area (Å²) in [5.41, 5.74) is 3.14. The lowest BCUT2D eigenvalue weighted by Gasteiger charge is -2.14. The molecule has 2 heterocycles. The van der Waals surface area contributed by atoms with E-state index in [-0.39, 0.29) is 30.6 Å². The van der Waals surface area contributed by atoms with E-state index in [1.165, 1.54) is 4.90 Å². The van der Waals surface area contributed by atoms with E-state index in [2.05, 4.69) is 10.4 Å². The average Bonchev–Trinajstić information content (AvgIpc) is 3.25. The quantitative estimate of drug-likeness (QED) is 0.865. The Kier molecular flexibility index (Phi) is 3.63. The molecule has 1 aromatic heterocycles. The minimum absolute atomic E-state index is 0.201. The number of benzene rings is 1. The molecule has 1 aliphatic heterocycles. The van der Waals surface area contributed by atoms with Crippen molar-refractivity contribution in [3.8, 4) is 0 Å². The van der Waals surface area contributed by atoms with Crippen LogP contribution < -0.4 is 10.2 Å². The van der Waals surface area contributed by atoms with E-state index < -0.39 is 0 Å². The van der Waals surface area contributed by atoms with Crippen molar-refractivity contribution in [1.29, 1.82) is 0 Å². The molecule has 0 radical (unpaired) electrons. The van der Waals surface area contributed by atoms with Crippen LogP contribution in [0, 0.1) is 0 Å². The Labute approximate surface area is 144 Å². The van der Waals surface area contributed by atoms with E-state index in [1.807, 2.05) is 7.05 Å². The number of aryl methyl sites for hydroxylation is 2. The lowest BCUT2D eigenvalue weighted by atomic mass is 10.1. The second kappa shape index (κ2) is 5.84. The zero-order valence-electron chi connectivity index (χ0n) is 13.9. The van der Waals surface area contributed by atoms with E-state index in [0.717, 1.165) is 36.3 Å². The normalized spacial score (nSPS) is 16.4. The molecule has 1 fully saturated rings. The first kappa shape index (κ1) is 15.6. The maximum absolute atomic E-state index is 12.5. The molecule has 3 amide bonds. The third-order valence-electron chi connectivity index (χ3n) is 4.74. The molecule has 0 bridgehead atoms. The molecule has 0 saturated carbocycles. The number of anilines is 2. The van der Waals surface area contributed by atoms with Crippen LogP contribution in [0.25, 0.3) is 0 Å². The highest BCUT2D eigenvalue weighted by atomic mass is 16.2. The monoisotopic (exact) mass is 338 g/mol. The SMILES string of the molecule is Cn1nc2c(c1NC(=O)c1ccc(N3C(=O)CCC3=O)cc1)CCC2. The highest BCUT2D eigenvalue weighted by molar-refractivity contribution is 6.20. The summed E-state index contributed by atoms with van der Waals surface area (Å²) >= 11 is 0. The van der Waals surface area contributed by atoms with Crippen LogP contribution in [0.1, 0.15) is 40.9 Å². The highest BCUT2D eigenvalue weighted by Crippen LogP contribution is 2.28. The number of aromatic nitrogens is 2. The number of carbonyl (C=O) groups excluding carboxylic acids is 3. The predicted molar refractivity (Wildman–Crippen MR) is 91.4 cm³/mol. The molecule has 0 atom stereocenters. The number of nitrogens with zero attached hydrogens (tertiary/aromatic N) is 3. The molecule has 25 heavy (non-hydrogen) atoms. The Morgan fingerprint density at radius 1 is 1.04 bits per heavy atom. The standard InChI is InChI=1S/C18H18N4O3/c1-21-17(13-3-2-4-14(13)20-21)19-18(25)11-5-7-12(8-6-11)22-15(23)9-10-16(22)24/h5-8H,2-4,9-10H2,1H3,(H,19,25). The van der Waals surface area contributed by atoms with Crippen molar-refractivity contribution in [2.75, 3.05) is 10.2 Å². The molecular formula is C18H18N4O3. The Balaban J connectivity index is 1.54. The Bertz CT molecular complexity index is 866. The third-order valence-corrected chi connectivity index (χ3v) is 4.74. The van der Waals surface area contributed by atoms with Crippen molar-refractivity contribution in [3.63, 3.8) is 0 Å². The Morgan fingerprint density at radius 2 is 1.72 bits per heavy atom. The smallest absolute Gasteiger partial charge is 0.256 e. The maximum atomic E-state index is 12.5. The van der Waals surface area contributed by atoms with Crippen LogP contribution in [0.3, 0.4) is 0 Å². The molecule has 2 aliphatic rings. The van der Waals surface area contributed by atoms with Gasteiger partial charge in [-0.2, -0.15) is 5.10 Å². The average molecular weight is 338 g/mol. The zero-order chi connectivity index (χ0) is 17.6. The number of rotatable bonds is 3. The molecular weight excluding hydrogens is 320 g/mol. The summed E-state index contributed by atoms with van der Waals surface area (Å²) in [6.07, 6.45) is 3.43. The lowest BCUT2D eigenvalue weighted by Crippen LogP contribution is -2.28. The first-order valence-electron chi connectivity index (χ1n) is 8.36. The summed E-state index contributed by atoms with van der Waals surface area (Å²) in [5.74, 6) is 0.107. The van der Waals surface area contributed by atoms with Gasteiger partial charge in [-0.1, -0.05) is 0 Å². The molecule has 1 saturated heterocycles. The van der Waals surface area contributed by atoms with Gasteiger partial charge in [-0.3, -0.25) is 24.0 Å². The van der Waals surface area contributed by atoms with Crippen LogP contribution in [0.5, 0.6) is 0 Å². The zero-order valence-corrected chi connectivity index (χ0v) is 13.9. The van der Waals surface area contributed by atoms with E-state index in [1.54, 1.807) is 28.9 Å². The molecule has 7 heteroatoms. The summed E-state index contributed by atoms with van der Waals surface area (Å²) in [7, 11) is 1.82. The minimum atomic E-state index is -0.233. The van der Waals surface area contributed by atoms with E-state index in [4.69, 9.17) is 0 Å². The van der Waals surface area contributed by atoms with Crippen LogP contribution >= 0.6 is 0 Å². The maximum Gasteiger partial charge on any atom is 0.256 e. The van der Waals surface area contributed by atoms with Crippen molar-refractivity contribution >= 4 is 29.2 Å². The van der Waals surface area contributed by atoms with Gasteiger partial charge in [0.25, 0.3) is 5.91 Å². The van der Waals surface area contributed by atoms with Gasteiger partial charge in [-0.15, -0.1) is 0 Å². The first-order valence-corrected chi connectivity index (χ1v) is 8.36. The molecule has 0 spiro atoms. The number of hydrogen-bond donors (Lipinski definition) is 1. The first-order chi connectivity index (χ1) is 12.0. The number of hydrogen-bond acceptors (Lipinski definition) is 4. The van der Waals surface area contributed by atoms with Crippen molar-refractivity contribution in [2.45, 2.75) is 32.1 Å². The summed E-state index contributed by atoms with van der Waals surface area (Å²) < 4.78 is 1.71. The molecule has 7 nitrogen and oxygen atoms in total. The summed E-state index contributed by atoms with van der Waals surface area (Å²) in [4.78, 5) is 37.3. The van der Waals surface area contributed by atoms with Gasteiger partial charge in [-0.25, -0.2) is 0 Å². The van der Waals surface area contributed by atoms with Gasteiger partial charge in [0.2, 0.25) is 11.8 Å². The Hall–Kier alpha value is -2.96. The van der Waals surface area contributed by atoms with Gasteiger partial charge in [0, 0.05) is 31.0 Å². The molecule has 1 aliphatic carbocycles. The van der Waals surface area contributed by atoms with Crippen LogP contribution in [0.15, 0.2) is 24.3 Å². The van der Waals surface area contributed by atoms with Gasteiger partial charge in [0.15, 0.2) is 0 Å². The van der Waals surface area contributed by atoms with Gasteiger partial charge in [-0.05, 0) is 43.5 Å². The number of imide groups is 1. The summed E-state index contributed by atoms with van der Waals surface area (Å²) in [6, 6.07) is 6.51. The van der Waals surface area contributed by atoms with Crippen LogP contribution in [0.4, 0.5) is 11.5 Å². The largest absolute Gasteiger partial charge is 0.307 e. The van der Waals surface area contributed by atoms with Gasteiger partial charge in [0.1, 0.15) is 5.82 Å². The second-order valence-electron chi connectivity index (χ2n) is 6.37. The number of nitrogens with one attached hydrogen (secondary N) is 1. The fourth-order valence-corrected chi connectivity index (χ4v) is 3.48. The minimum Gasteiger partial charge on any atom is -0.307 e. The van der Waals surface area contributed by atoms with Crippen molar-refractivity contribution in [1.82, 2.24) is 9.78 Å². The predicted octanol–water partition coefficient (Wildman–Crippen LogP) is 1.81. The topological polar surface area (TPSA) is 84.3 Å². The second-order valence-corrected chi connectivity index (χ2v) is 6.37. The van der Waals surface area contributed by atoms with E-state index in [0.29, 0.717) is 11.3 Å². The number of carbonyl (C=O) groups is 3.